The zero-order valence-corrected chi connectivity index (χ0v) is 17.4. The summed E-state index contributed by atoms with van der Waals surface area (Å²) in [5.41, 5.74) is 3.85. The molecular weight excluding hydrogens is 386 g/mol. The van der Waals surface area contributed by atoms with Crippen LogP contribution >= 0.6 is 0 Å². The standard InChI is InChI=1S/C21H27N5O4/c1-13-6-4-5-7-16(13)11-25-9-8-22-21(30)17(25)10-18(27)23-20-14(2)24-26(15(20)3)12-19(28)29/h4-7,17H,8-12H2,1-3H3,(H,22,30)(H,23,27)(H,28,29). The Morgan fingerprint density at radius 2 is 2.00 bits per heavy atom. The summed E-state index contributed by atoms with van der Waals surface area (Å²) in [7, 11) is 0. The average molecular weight is 413 g/mol. The Bertz CT molecular complexity index is 968. The second-order valence-electron chi connectivity index (χ2n) is 7.55. The molecule has 9 nitrogen and oxygen atoms in total. The van der Waals surface area contributed by atoms with E-state index >= 15 is 0 Å². The molecule has 1 unspecified atom stereocenters. The fourth-order valence-electron chi connectivity index (χ4n) is 3.71. The van der Waals surface area contributed by atoms with Crippen molar-refractivity contribution in [3.63, 3.8) is 0 Å². The number of nitrogens with zero attached hydrogens (tertiary/aromatic N) is 3. The number of carbonyl (C=O) groups excluding carboxylic acids is 2. The van der Waals surface area contributed by atoms with Crippen LogP contribution in [0.3, 0.4) is 0 Å². The number of hydrogen-bond donors (Lipinski definition) is 3. The van der Waals surface area contributed by atoms with Gasteiger partial charge in [-0.25, -0.2) is 0 Å². The van der Waals surface area contributed by atoms with Crippen LogP contribution in [0.5, 0.6) is 0 Å². The molecule has 1 fully saturated rings. The van der Waals surface area contributed by atoms with Gasteiger partial charge in [-0.2, -0.15) is 5.10 Å². The molecule has 0 radical (unpaired) electrons. The Labute approximate surface area is 175 Å². The smallest absolute Gasteiger partial charge is 0.325 e. The van der Waals surface area contributed by atoms with Gasteiger partial charge >= 0.3 is 5.97 Å². The minimum absolute atomic E-state index is 0.000699. The lowest BCUT2D eigenvalue weighted by Gasteiger charge is -2.35. The molecule has 160 valence electrons. The fourth-order valence-corrected chi connectivity index (χ4v) is 3.71. The van der Waals surface area contributed by atoms with E-state index < -0.39 is 12.0 Å². The maximum atomic E-state index is 12.8. The molecule has 1 aliphatic rings. The van der Waals surface area contributed by atoms with Crippen LogP contribution in [-0.2, 0) is 27.5 Å². The van der Waals surface area contributed by atoms with Crippen molar-refractivity contribution in [3.05, 3.63) is 46.8 Å². The van der Waals surface area contributed by atoms with E-state index in [0.29, 0.717) is 36.7 Å². The van der Waals surface area contributed by atoms with Gasteiger partial charge in [0, 0.05) is 19.6 Å². The third-order valence-electron chi connectivity index (χ3n) is 5.39. The highest BCUT2D eigenvalue weighted by molar-refractivity contribution is 5.96. The quantitative estimate of drug-likeness (QED) is 0.629. The SMILES string of the molecule is Cc1ccccc1CN1CCNC(=O)C1CC(=O)Nc1c(C)nn(CC(=O)O)c1C. The van der Waals surface area contributed by atoms with Gasteiger partial charge in [0.1, 0.15) is 6.54 Å². The Hall–Kier alpha value is -3.20. The molecule has 2 aromatic rings. The van der Waals surface area contributed by atoms with E-state index in [4.69, 9.17) is 5.11 Å². The normalized spacial score (nSPS) is 16.9. The molecule has 1 atom stereocenters. The summed E-state index contributed by atoms with van der Waals surface area (Å²) in [5, 5.41) is 18.8. The number of amides is 2. The van der Waals surface area contributed by atoms with Crippen molar-refractivity contribution in [1.29, 1.82) is 0 Å². The number of nitrogens with one attached hydrogen (secondary N) is 2. The van der Waals surface area contributed by atoms with Gasteiger partial charge in [-0.05, 0) is 31.9 Å². The maximum Gasteiger partial charge on any atom is 0.325 e. The van der Waals surface area contributed by atoms with Crippen molar-refractivity contribution in [2.75, 3.05) is 18.4 Å². The third kappa shape index (κ3) is 4.85. The van der Waals surface area contributed by atoms with E-state index in [1.165, 1.54) is 4.68 Å². The summed E-state index contributed by atoms with van der Waals surface area (Å²) < 4.78 is 1.34. The zero-order valence-electron chi connectivity index (χ0n) is 17.4. The molecule has 0 bridgehead atoms. The van der Waals surface area contributed by atoms with E-state index in [1.54, 1.807) is 13.8 Å². The van der Waals surface area contributed by atoms with E-state index in [0.717, 1.165) is 11.1 Å². The second kappa shape index (κ2) is 9.08. The molecule has 3 N–H and O–H groups in total. The zero-order chi connectivity index (χ0) is 21.8. The van der Waals surface area contributed by atoms with Crippen LogP contribution < -0.4 is 10.6 Å². The highest BCUT2D eigenvalue weighted by atomic mass is 16.4. The monoisotopic (exact) mass is 413 g/mol. The minimum atomic E-state index is -1.01. The molecule has 0 spiro atoms. The van der Waals surface area contributed by atoms with E-state index in [2.05, 4.69) is 15.7 Å². The summed E-state index contributed by atoms with van der Waals surface area (Å²) in [5.74, 6) is -1.49. The van der Waals surface area contributed by atoms with E-state index in [9.17, 15) is 14.4 Å². The van der Waals surface area contributed by atoms with E-state index in [1.807, 2.05) is 36.1 Å². The predicted octanol–water partition coefficient (Wildman–Crippen LogP) is 1.22. The van der Waals surface area contributed by atoms with Crippen molar-refractivity contribution in [3.8, 4) is 0 Å². The van der Waals surface area contributed by atoms with Gasteiger partial charge in [-0.15, -0.1) is 0 Å². The van der Waals surface area contributed by atoms with Gasteiger partial charge in [0.05, 0.1) is 29.5 Å². The summed E-state index contributed by atoms with van der Waals surface area (Å²) >= 11 is 0. The van der Waals surface area contributed by atoms with Crippen LogP contribution in [0.25, 0.3) is 0 Å². The number of aryl methyl sites for hydroxylation is 2. The molecular formula is C21H27N5O4. The molecule has 3 rings (SSSR count). The Morgan fingerprint density at radius 1 is 1.27 bits per heavy atom. The van der Waals surface area contributed by atoms with Crippen molar-refractivity contribution < 1.29 is 19.5 Å². The van der Waals surface area contributed by atoms with E-state index in [-0.39, 0.29) is 24.8 Å². The molecule has 1 aliphatic heterocycles. The predicted molar refractivity (Wildman–Crippen MR) is 111 cm³/mol. The van der Waals surface area contributed by atoms with Crippen molar-refractivity contribution in [1.82, 2.24) is 20.0 Å². The Balaban J connectivity index is 1.72. The molecule has 0 aliphatic carbocycles. The molecule has 2 amide bonds. The lowest BCUT2D eigenvalue weighted by molar-refractivity contribution is -0.138. The second-order valence-corrected chi connectivity index (χ2v) is 7.55. The Morgan fingerprint density at radius 3 is 2.70 bits per heavy atom. The van der Waals surface area contributed by atoms with Gasteiger partial charge in [0.15, 0.2) is 0 Å². The first-order valence-corrected chi connectivity index (χ1v) is 9.88. The van der Waals surface area contributed by atoms with Crippen molar-refractivity contribution >= 4 is 23.5 Å². The van der Waals surface area contributed by atoms with Crippen LogP contribution in [0.2, 0.25) is 0 Å². The van der Waals surface area contributed by atoms with Gasteiger partial charge < -0.3 is 15.7 Å². The number of carbonyl (C=O) groups is 3. The first-order valence-electron chi connectivity index (χ1n) is 9.88. The van der Waals surface area contributed by atoms with Gasteiger partial charge in [0.2, 0.25) is 11.8 Å². The molecule has 1 saturated heterocycles. The number of piperazine rings is 1. The van der Waals surface area contributed by atoms with Crippen LogP contribution in [0, 0.1) is 20.8 Å². The first-order chi connectivity index (χ1) is 14.3. The van der Waals surface area contributed by atoms with Crippen LogP contribution in [-0.4, -0.2) is 56.7 Å². The molecule has 1 aromatic carbocycles. The van der Waals surface area contributed by atoms with Crippen molar-refractivity contribution in [2.24, 2.45) is 0 Å². The van der Waals surface area contributed by atoms with Gasteiger partial charge in [-0.3, -0.25) is 24.0 Å². The summed E-state index contributed by atoms with van der Waals surface area (Å²) in [6.07, 6.45) is 0.000699. The number of benzene rings is 1. The fraction of sp³-hybridized carbons (Fsp3) is 0.429. The molecule has 1 aromatic heterocycles. The number of aliphatic carboxylic acids is 1. The number of carboxylic acids is 1. The Kier molecular flexibility index (Phi) is 6.51. The first kappa shape index (κ1) is 21.5. The number of anilines is 1. The van der Waals surface area contributed by atoms with Gasteiger partial charge in [-0.1, -0.05) is 24.3 Å². The molecule has 30 heavy (non-hydrogen) atoms. The lowest BCUT2D eigenvalue weighted by Crippen LogP contribution is -2.55. The minimum Gasteiger partial charge on any atom is -0.480 e. The molecule has 0 saturated carbocycles. The molecule has 2 heterocycles. The highest BCUT2D eigenvalue weighted by Crippen LogP contribution is 2.21. The summed E-state index contributed by atoms with van der Waals surface area (Å²) in [4.78, 5) is 38.3. The number of hydrogen-bond acceptors (Lipinski definition) is 5. The highest BCUT2D eigenvalue weighted by Gasteiger charge is 2.32. The average Bonchev–Trinajstić information content (AvgIpc) is 2.93. The number of carboxylic acid groups (broad SMARTS) is 1. The van der Waals surface area contributed by atoms with Crippen LogP contribution in [0.4, 0.5) is 5.69 Å². The number of aromatic nitrogens is 2. The molecule has 9 heteroatoms. The third-order valence-corrected chi connectivity index (χ3v) is 5.39. The maximum absolute atomic E-state index is 12.8. The van der Waals surface area contributed by atoms with Gasteiger partial charge in [0.25, 0.3) is 0 Å². The van der Waals surface area contributed by atoms with Crippen LogP contribution in [0.1, 0.15) is 28.9 Å². The van der Waals surface area contributed by atoms with Crippen LogP contribution in [0.15, 0.2) is 24.3 Å². The summed E-state index contributed by atoms with van der Waals surface area (Å²) in [6, 6.07) is 7.42. The lowest BCUT2D eigenvalue weighted by atomic mass is 10.0. The largest absolute Gasteiger partial charge is 0.480 e. The summed E-state index contributed by atoms with van der Waals surface area (Å²) in [6.45, 7) is 6.95. The van der Waals surface area contributed by atoms with Crippen molar-refractivity contribution in [2.45, 2.75) is 46.3 Å². The topological polar surface area (TPSA) is 117 Å². The number of rotatable bonds is 7.